The van der Waals surface area contributed by atoms with Gasteiger partial charge in [0.2, 0.25) is 5.91 Å². The summed E-state index contributed by atoms with van der Waals surface area (Å²) in [6, 6.07) is 4.35. The van der Waals surface area contributed by atoms with Crippen LogP contribution in [0.15, 0.2) is 18.2 Å². The number of carbonyl (C=O) groups excluding carboxylic acids is 2. The standard InChI is InChI=1S/C12H12Cl2N2O4/c13-8-2-1-3-9(14)11(8)20-6-7(17)5-16-10(18)4-15-12(16)19/h1-3,7,17H,4-6H2,(H,15,19)/t7-/m1/s1. The van der Waals surface area contributed by atoms with Crippen LogP contribution in [-0.2, 0) is 4.79 Å². The van der Waals surface area contributed by atoms with E-state index < -0.39 is 12.1 Å². The predicted octanol–water partition coefficient (Wildman–Crippen LogP) is 1.28. The Kier molecular flexibility index (Phi) is 4.69. The van der Waals surface area contributed by atoms with E-state index in [1.807, 2.05) is 0 Å². The number of nitrogens with zero attached hydrogens (tertiary/aromatic N) is 1. The van der Waals surface area contributed by atoms with Crippen molar-refractivity contribution in [3.8, 4) is 5.75 Å². The third-order valence-electron chi connectivity index (χ3n) is 2.67. The summed E-state index contributed by atoms with van der Waals surface area (Å²) in [5, 5.41) is 12.8. The van der Waals surface area contributed by atoms with Crippen LogP contribution in [0.1, 0.15) is 0 Å². The van der Waals surface area contributed by atoms with Crippen molar-refractivity contribution in [1.29, 1.82) is 0 Å². The Morgan fingerprint density at radius 2 is 2.00 bits per heavy atom. The van der Waals surface area contributed by atoms with E-state index in [2.05, 4.69) is 5.32 Å². The Morgan fingerprint density at radius 1 is 1.35 bits per heavy atom. The van der Waals surface area contributed by atoms with Crippen LogP contribution in [0.4, 0.5) is 4.79 Å². The highest BCUT2D eigenvalue weighted by Gasteiger charge is 2.30. The number of urea groups is 1. The first-order valence-electron chi connectivity index (χ1n) is 5.82. The predicted molar refractivity (Wildman–Crippen MR) is 73.1 cm³/mol. The molecular weight excluding hydrogens is 307 g/mol. The van der Waals surface area contributed by atoms with Crippen LogP contribution in [0.5, 0.6) is 5.75 Å². The largest absolute Gasteiger partial charge is 0.488 e. The topological polar surface area (TPSA) is 78.9 Å². The van der Waals surface area contributed by atoms with Gasteiger partial charge in [0.25, 0.3) is 0 Å². The van der Waals surface area contributed by atoms with Crippen LogP contribution in [0.25, 0.3) is 0 Å². The number of amides is 3. The number of carbonyl (C=O) groups is 2. The molecule has 108 valence electrons. The molecule has 1 aliphatic rings. The number of imide groups is 1. The van der Waals surface area contributed by atoms with E-state index in [4.69, 9.17) is 27.9 Å². The third kappa shape index (κ3) is 3.33. The minimum Gasteiger partial charge on any atom is -0.488 e. The molecule has 0 bridgehead atoms. The van der Waals surface area contributed by atoms with Gasteiger partial charge in [-0.25, -0.2) is 4.79 Å². The van der Waals surface area contributed by atoms with Gasteiger partial charge in [-0.2, -0.15) is 0 Å². The zero-order valence-electron chi connectivity index (χ0n) is 10.3. The molecule has 0 aromatic heterocycles. The normalized spacial score (nSPS) is 16.2. The number of para-hydroxylation sites is 1. The second-order valence-electron chi connectivity index (χ2n) is 4.18. The lowest BCUT2D eigenvalue weighted by Crippen LogP contribution is -2.39. The Balaban J connectivity index is 1.91. The lowest BCUT2D eigenvalue weighted by molar-refractivity contribution is -0.126. The highest BCUT2D eigenvalue weighted by atomic mass is 35.5. The smallest absolute Gasteiger partial charge is 0.324 e. The van der Waals surface area contributed by atoms with Gasteiger partial charge in [-0.15, -0.1) is 0 Å². The van der Waals surface area contributed by atoms with Gasteiger partial charge in [0, 0.05) is 0 Å². The lowest BCUT2D eigenvalue weighted by atomic mass is 10.3. The van der Waals surface area contributed by atoms with Crippen molar-refractivity contribution in [3.63, 3.8) is 0 Å². The molecule has 20 heavy (non-hydrogen) atoms. The molecule has 1 fully saturated rings. The van der Waals surface area contributed by atoms with E-state index in [1.165, 1.54) is 0 Å². The minimum absolute atomic E-state index is 0.0528. The van der Waals surface area contributed by atoms with Gasteiger partial charge in [0.05, 0.1) is 23.1 Å². The van der Waals surface area contributed by atoms with Gasteiger partial charge in [0.1, 0.15) is 12.7 Å². The van der Waals surface area contributed by atoms with Crippen molar-refractivity contribution < 1.29 is 19.4 Å². The highest BCUT2D eigenvalue weighted by molar-refractivity contribution is 6.37. The minimum atomic E-state index is -1.03. The maximum atomic E-state index is 11.4. The summed E-state index contributed by atoms with van der Waals surface area (Å²) < 4.78 is 5.33. The summed E-state index contributed by atoms with van der Waals surface area (Å²) in [5.41, 5.74) is 0. The molecule has 0 aliphatic carbocycles. The molecule has 1 heterocycles. The molecule has 0 saturated carbocycles. The van der Waals surface area contributed by atoms with Crippen molar-refractivity contribution in [2.45, 2.75) is 6.10 Å². The van der Waals surface area contributed by atoms with Crippen LogP contribution in [0.3, 0.4) is 0 Å². The fourth-order valence-electron chi connectivity index (χ4n) is 1.70. The molecule has 1 aromatic rings. The van der Waals surface area contributed by atoms with Crippen LogP contribution in [0, 0.1) is 0 Å². The maximum absolute atomic E-state index is 11.4. The first-order valence-corrected chi connectivity index (χ1v) is 6.57. The molecule has 1 atom stereocenters. The second kappa shape index (κ2) is 6.30. The third-order valence-corrected chi connectivity index (χ3v) is 3.26. The van der Waals surface area contributed by atoms with Gasteiger partial charge in [-0.3, -0.25) is 9.69 Å². The monoisotopic (exact) mass is 318 g/mol. The van der Waals surface area contributed by atoms with Gasteiger partial charge in [-0.05, 0) is 12.1 Å². The first kappa shape index (κ1) is 14.9. The molecule has 0 unspecified atom stereocenters. The van der Waals surface area contributed by atoms with Crippen molar-refractivity contribution in [2.75, 3.05) is 19.7 Å². The number of ether oxygens (including phenoxy) is 1. The first-order chi connectivity index (χ1) is 9.49. The average molecular weight is 319 g/mol. The number of aliphatic hydroxyl groups is 1. The SMILES string of the molecule is O=C1CNC(=O)N1C[C@@H](O)COc1c(Cl)cccc1Cl. The van der Waals surface area contributed by atoms with E-state index in [0.29, 0.717) is 10.0 Å². The van der Waals surface area contributed by atoms with E-state index in [9.17, 15) is 14.7 Å². The quantitative estimate of drug-likeness (QED) is 0.802. The number of nitrogens with one attached hydrogen (secondary N) is 1. The summed E-state index contributed by atoms with van der Waals surface area (Å²) in [6.07, 6.45) is -1.03. The summed E-state index contributed by atoms with van der Waals surface area (Å²) in [5.74, 6) is -0.128. The molecule has 6 nitrogen and oxygen atoms in total. The van der Waals surface area contributed by atoms with Gasteiger partial charge in [-0.1, -0.05) is 29.3 Å². The van der Waals surface area contributed by atoms with E-state index in [1.54, 1.807) is 18.2 Å². The summed E-state index contributed by atoms with van der Waals surface area (Å²) >= 11 is 11.8. The zero-order valence-corrected chi connectivity index (χ0v) is 11.8. The molecule has 2 rings (SSSR count). The van der Waals surface area contributed by atoms with Crippen LogP contribution in [0.2, 0.25) is 10.0 Å². The van der Waals surface area contributed by atoms with Gasteiger partial charge in [0.15, 0.2) is 5.75 Å². The van der Waals surface area contributed by atoms with Crippen LogP contribution in [-0.4, -0.2) is 47.7 Å². The zero-order chi connectivity index (χ0) is 14.7. The van der Waals surface area contributed by atoms with Gasteiger partial charge < -0.3 is 15.2 Å². The number of benzene rings is 1. The Hall–Kier alpha value is -1.50. The summed E-state index contributed by atoms with van der Waals surface area (Å²) in [6.45, 7) is -0.337. The molecule has 2 N–H and O–H groups in total. The van der Waals surface area contributed by atoms with Crippen molar-refractivity contribution in [2.24, 2.45) is 0 Å². The number of halogens is 2. The number of β-amino-alcohol motifs (C(OH)–C–C–N with tert-alkyl or cyclic N) is 1. The maximum Gasteiger partial charge on any atom is 0.324 e. The van der Waals surface area contributed by atoms with Crippen LogP contribution >= 0.6 is 23.2 Å². The van der Waals surface area contributed by atoms with Crippen LogP contribution < -0.4 is 10.1 Å². The van der Waals surface area contributed by atoms with E-state index in [-0.39, 0.29) is 31.4 Å². The molecule has 0 spiro atoms. The summed E-state index contributed by atoms with van der Waals surface area (Å²) in [4.78, 5) is 23.6. The second-order valence-corrected chi connectivity index (χ2v) is 4.99. The van der Waals surface area contributed by atoms with Crippen molar-refractivity contribution in [3.05, 3.63) is 28.2 Å². The molecular formula is C12H12Cl2N2O4. The molecule has 0 radical (unpaired) electrons. The average Bonchev–Trinajstić information content (AvgIpc) is 2.70. The lowest BCUT2D eigenvalue weighted by Gasteiger charge is -2.18. The van der Waals surface area contributed by atoms with E-state index >= 15 is 0 Å². The Bertz CT molecular complexity index is 502. The Labute approximate surface area is 125 Å². The number of hydrogen-bond acceptors (Lipinski definition) is 4. The Morgan fingerprint density at radius 3 is 2.55 bits per heavy atom. The van der Waals surface area contributed by atoms with E-state index in [0.717, 1.165) is 4.90 Å². The number of aliphatic hydroxyl groups excluding tert-OH is 1. The fraction of sp³-hybridized carbons (Fsp3) is 0.333. The number of hydrogen-bond donors (Lipinski definition) is 2. The molecule has 8 heteroatoms. The summed E-state index contributed by atoms with van der Waals surface area (Å²) in [7, 11) is 0. The molecule has 3 amide bonds. The van der Waals surface area contributed by atoms with Crippen molar-refractivity contribution >= 4 is 35.1 Å². The molecule has 1 saturated heterocycles. The van der Waals surface area contributed by atoms with Crippen molar-refractivity contribution in [1.82, 2.24) is 10.2 Å². The molecule has 1 aliphatic heterocycles. The fourth-order valence-corrected chi connectivity index (χ4v) is 2.21. The molecule has 1 aromatic carbocycles. The number of rotatable bonds is 5. The highest BCUT2D eigenvalue weighted by Crippen LogP contribution is 2.32. The van der Waals surface area contributed by atoms with Gasteiger partial charge >= 0.3 is 6.03 Å².